The van der Waals surface area contributed by atoms with E-state index in [4.69, 9.17) is 0 Å². The van der Waals surface area contributed by atoms with Gasteiger partial charge in [0, 0.05) is 27.2 Å². The van der Waals surface area contributed by atoms with E-state index in [0.717, 1.165) is 22.5 Å². The monoisotopic (exact) mass is 342 g/mol. The maximum absolute atomic E-state index is 13.4. The molecule has 0 amide bonds. The van der Waals surface area contributed by atoms with Gasteiger partial charge in [-0.25, -0.2) is 8.78 Å². The third kappa shape index (κ3) is 5.18. The molecule has 2 rings (SSSR count). The fraction of sp³-hybridized carbons (Fsp3) is 0.238. The molecule has 0 saturated carbocycles. The van der Waals surface area contributed by atoms with E-state index in [2.05, 4.69) is 30.2 Å². The maximum Gasteiger partial charge on any atom is 0.159 e. The second kappa shape index (κ2) is 8.47. The molecule has 0 N–H and O–H groups in total. The minimum Gasteiger partial charge on any atom is -0.376 e. The summed E-state index contributed by atoms with van der Waals surface area (Å²) in [7, 11) is 3.84. The van der Waals surface area contributed by atoms with Crippen molar-refractivity contribution in [1.82, 2.24) is 9.80 Å². The zero-order valence-corrected chi connectivity index (χ0v) is 14.8. The Morgan fingerprint density at radius 1 is 0.880 bits per heavy atom. The molecule has 0 atom stereocenters. The Bertz CT molecular complexity index is 739. The van der Waals surface area contributed by atoms with Crippen molar-refractivity contribution >= 4 is 0 Å². The fourth-order valence-corrected chi connectivity index (χ4v) is 2.51. The Labute approximate surface area is 148 Å². The highest BCUT2D eigenvalue weighted by Gasteiger charge is 2.13. The lowest BCUT2D eigenvalue weighted by Crippen LogP contribution is -2.29. The predicted octanol–water partition coefficient (Wildman–Crippen LogP) is 4.60. The Balaban J connectivity index is 2.14. The molecule has 0 radical (unpaired) electrons. The van der Waals surface area contributed by atoms with Crippen molar-refractivity contribution in [2.75, 3.05) is 20.6 Å². The van der Waals surface area contributed by atoms with E-state index in [1.165, 1.54) is 12.1 Å². The fourth-order valence-electron chi connectivity index (χ4n) is 2.51. The number of halogens is 2. The van der Waals surface area contributed by atoms with Gasteiger partial charge in [-0.2, -0.15) is 0 Å². The third-order valence-corrected chi connectivity index (χ3v) is 4.13. The minimum atomic E-state index is -0.824. The normalized spacial score (nSPS) is 10.4. The first kappa shape index (κ1) is 18.7. The molecule has 0 fully saturated rings. The second-order valence-corrected chi connectivity index (χ2v) is 6.19. The van der Waals surface area contributed by atoms with E-state index < -0.39 is 11.6 Å². The van der Waals surface area contributed by atoms with Crippen molar-refractivity contribution in [1.29, 1.82) is 0 Å². The van der Waals surface area contributed by atoms with Crippen LogP contribution < -0.4 is 0 Å². The molecule has 2 nitrogen and oxygen atoms in total. The van der Waals surface area contributed by atoms with Crippen LogP contribution >= 0.6 is 0 Å². The summed E-state index contributed by atoms with van der Waals surface area (Å²) in [4.78, 5) is 4.02. The van der Waals surface area contributed by atoms with Crippen molar-refractivity contribution in [2.24, 2.45) is 0 Å². The molecule has 0 aliphatic heterocycles. The first-order valence-corrected chi connectivity index (χ1v) is 8.16. The average Bonchev–Trinajstić information content (AvgIpc) is 2.61. The van der Waals surface area contributed by atoms with Crippen LogP contribution in [0.1, 0.15) is 11.1 Å². The molecule has 0 aromatic heterocycles. The summed E-state index contributed by atoms with van der Waals surface area (Å²) in [6.45, 7) is 9.55. The molecule has 0 bridgehead atoms. The quantitative estimate of drug-likeness (QED) is 0.647. The van der Waals surface area contributed by atoms with Crippen LogP contribution in [-0.4, -0.2) is 30.4 Å². The number of benzene rings is 2. The van der Waals surface area contributed by atoms with Crippen molar-refractivity contribution in [3.8, 4) is 0 Å². The van der Waals surface area contributed by atoms with Crippen LogP contribution in [0.5, 0.6) is 0 Å². The second-order valence-electron chi connectivity index (χ2n) is 6.19. The molecule has 0 spiro atoms. The van der Waals surface area contributed by atoms with E-state index in [1.807, 2.05) is 37.2 Å². The molecule has 2 aromatic carbocycles. The molecule has 0 heterocycles. The first-order chi connectivity index (χ1) is 11.9. The van der Waals surface area contributed by atoms with Crippen LogP contribution in [0.15, 0.2) is 73.1 Å². The van der Waals surface area contributed by atoms with E-state index in [1.54, 1.807) is 6.07 Å². The largest absolute Gasteiger partial charge is 0.376 e. The molecular formula is C21H24F2N2. The van der Waals surface area contributed by atoms with Crippen LogP contribution in [0.2, 0.25) is 0 Å². The van der Waals surface area contributed by atoms with Crippen molar-refractivity contribution < 1.29 is 8.78 Å². The number of nitrogens with zero attached hydrogens (tertiary/aromatic N) is 2. The molecule has 25 heavy (non-hydrogen) atoms. The topological polar surface area (TPSA) is 6.48 Å². The van der Waals surface area contributed by atoms with E-state index in [0.29, 0.717) is 19.5 Å². The highest BCUT2D eigenvalue weighted by molar-refractivity contribution is 5.25. The molecular weight excluding hydrogens is 318 g/mol. The molecule has 0 saturated heterocycles. The number of likely N-dealkylation sites (N-methyl/N-ethyl adjacent to an activating group) is 1. The van der Waals surface area contributed by atoms with Crippen LogP contribution in [0, 0.1) is 11.6 Å². The summed E-state index contributed by atoms with van der Waals surface area (Å²) in [5.41, 5.74) is 3.54. The minimum absolute atomic E-state index is 0.587. The van der Waals surface area contributed by atoms with Gasteiger partial charge in [0.2, 0.25) is 0 Å². The summed E-state index contributed by atoms with van der Waals surface area (Å²) in [5.74, 6) is -1.64. The lowest BCUT2D eigenvalue weighted by Gasteiger charge is -2.30. The smallest absolute Gasteiger partial charge is 0.159 e. The molecule has 4 heteroatoms. The molecule has 0 unspecified atom stereocenters. The summed E-state index contributed by atoms with van der Waals surface area (Å²) < 4.78 is 26.5. The highest BCUT2D eigenvalue weighted by atomic mass is 19.2. The lowest BCUT2D eigenvalue weighted by molar-refractivity contribution is 0.328. The predicted molar refractivity (Wildman–Crippen MR) is 98.9 cm³/mol. The van der Waals surface area contributed by atoms with Gasteiger partial charge in [0.05, 0.1) is 11.4 Å². The number of rotatable bonds is 8. The summed E-state index contributed by atoms with van der Waals surface area (Å²) in [6, 6.07) is 14.1. The molecule has 0 aliphatic rings. The Morgan fingerprint density at radius 2 is 1.56 bits per heavy atom. The van der Waals surface area contributed by atoms with Gasteiger partial charge in [-0.05, 0) is 29.7 Å². The molecule has 132 valence electrons. The van der Waals surface area contributed by atoms with E-state index >= 15 is 0 Å². The number of hydrogen-bond acceptors (Lipinski definition) is 2. The Hall–Kier alpha value is -2.62. The third-order valence-electron chi connectivity index (χ3n) is 4.13. The van der Waals surface area contributed by atoms with Crippen LogP contribution in [0.25, 0.3) is 0 Å². The zero-order valence-electron chi connectivity index (χ0n) is 14.8. The summed E-state index contributed by atoms with van der Waals surface area (Å²) >= 11 is 0. The Kier molecular flexibility index (Phi) is 6.34. The van der Waals surface area contributed by atoms with Gasteiger partial charge in [-0.15, -0.1) is 0 Å². The van der Waals surface area contributed by atoms with Crippen molar-refractivity contribution in [2.45, 2.75) is 13.0 Å². The van der Waals surface area contributed by atoms with Crippen molar-refractivity contribution in [3.05, 3.63) is 95.8 Å². The zero-order chi connectivity index (χ0) is 18.4. The number of hydrogen-bond donors (Lipinski definition) is 0. The molecule has 0 aliphatic carbocycles. The van der Waals surface area contributed by atoms with Gasteiger partial charge in [0.25, 0.3) is 0 Å². The van der Waals surface area contributed by atoms with Crippen LogP contribution in [0.4, 0.5) is 8.78 Å². The molecule has 2 aromatic rings. The van der Waals surface area contributed by atoms with Crippen molar-refractivity contribution in [3.63, 3.8) is 0 Å². The summed E-state index contributed by atoms with van der Waals surface area (Å²) in [5, 5.41) is 0. The first-order valence-electron chi connectivity index (χ1n) is 8.16. The van der Waals surface area contributed by atoms with Gasteiger partial charge in [-0.3, -0.25) is 0 Å². The van der Waals surface area contributed by atoms with Gasteiger partial charge in [-0.1, -0.05) is 49.6 Å². The van der Waals surface area contributed by atoms with Gasteiger partial charge in [0.1, 0.15) is 0 Å². The average molecular weight is 342 g/mol. The SMILES string of the molecule is C=C(C(=C)N(CCc1ccc(F)c(F)c1)Cc1ccccc1)N(C)C. The Morgan fingerprint density at radius 3 is 2.16 bits per heavy atom. The highest BCUT2D eigenvalue weighted by Crippen LogP contribution is 2.18. The van der Waals surface area contributed by atoms with E-state index in [-0.39, 0.29) is 0 Å². The van der Waals surface area contributed by atoms with Gasteiger partial charge < -0.3 is 9.80 Å². The lowest BCUT2D eigenvalue weighted by atomic mass is 10.1. The van der Waals surface area contributed by atoms with E-state index in [9.17, 15) is 8.78 Å². The van der Waals surface area contributed by atoms with Crippen LogP contribution in [-0.2, 0) is 13.0 Å². The van der Waals surface area contributed by atoms with Gasteiger partial charge >= 0.3 is 0 Å². The van der Waals surface area contributed by atoms with Gasteiger partial charge in [0.15, 0.2) is 11.6 Å². The van der Waals surface area contributed by atoms with Crippen LogP contribution in [0.3, 0.4) is 0 Å². The maximum atomic E-state index is 13.4. The summed E-state index contributed by atoms with van der Waals surface area (Å²) in [6.07, 6.45) is 0.587. The standard InChI is InChI=1S/C21H24F2N2/c1-16(24(3)4)17(2)25(15-19-8-6-5-7-9-19)13-12-18-10-11-20(22)21(23)14-18/h5-11,14H,1-2,12-13,15H2,3-4H3.